The number of rotatable bonds is 9. The van der Waals surface area contributed by atoms with Gasteiger partial charge in [-0.15, -0.1) is 0 Å². The van der Waals surface area contributed by atoms with Crippen molar-refractivity contribution in [2.24, 2.45) is 0 Å². The van der Waals surface area contributed by atoms with Crippen LogP contribution in [0.15, 0.2) is 35.0 Å². The van der Waals surface area contributed by atoms with Gasteiger partial charge >= 0.3 is 0 Å². The van der Waals surface area contributed by atoms with Gasteiger partial charge in [0.2, 0.25) is 0 Å². The van der Waals surface area contributed by atoms with Gasteiger partial charge in [0.25, 0.3) is 0 Å². The van der Waals surface area contributed by atoms with Crippen LogP contribution in [0.3, 0.4) is 0 Å². The van der Waals surface area contributed by atoms with E-state index in [1.54, 1.807) is 12.3 Å². The van der Waals surface area contributed by atoms with Crippen LogP contribution in [0.2, 0.25) is 0 Å². The molecule has 6 heteroatoms. The van der Waals surface area contributed by atoms with Gasteiger partial charge in [-0.1, -0.05) is 30.1 Å². The highest BCUT2D eigenvalue weighted by molar-refractivity contribution is 6.55. The van der Waals surface area contributed by atoms with Gasteiger partial charge < -0.3 is 9.47 Å². The number of hydrogen-bond acceptors (Lipinski definition) is 4. The van der Waals surface area contributed by atoms with Crippen molar-refractivity contribution in [3.63, 3.8) is 0 Å². The van der Waals surface area contributed by atoms with E-state index in [1.165, 1.54) is 0 Å². The summed E-state index contributed by atoms with van der Waals surface area (Å²) in [6.45, 7) is 10.8. The first-order chi connectivity index (χ1) is 11.7. The first-order valence-electron chi connectivity index (χ1n) is 8.21. The van der Waals surface area contributed by atoms with Crippen molar-refractivity contribution < 1.29 is 14.3 Å². The zero-order valence-corrected chi connectivity index (χ0v) is 17.0. The van der Waals surface area contributed by atoms with Crippen molar-refractivity contribution in [2.45, 2.75) is 46.6 Å². The predicted molar refractivity (Wildman–Crippen MR) is 104 cm³/mol. The Morgan fingerprint density at radius 2 is 1.88 bits per heavy atom. The number of hydroxylamine groups is 1. The van der Waals surface area contributed by atoms with E-state index < -0.39 is 0 Å². The van der Waals surface area contributed by atoms with E-state index >= 15 is 0 Å². The van der Waals surface area contributed by atoms with Crippen molar-refractivity contribution in [1.29, 1.82) is 0 Å². The molecular weight excluding hydrogens is 361 g/mol. The summed E-state index contributed by atoms with van der Waals surface area (Å²) in [6, 6.07) is 3.91. The third kappa shape index (κ3) is 9.05. The second-order valence-corrected chi connectivity index (χ2v) is 7.44. The van der Waals surface area contributed by atoms with Crippen molar-refractivity contribution in [2.75, 3.05) is 13.2 Å². The second kappa shape index (κ2) is 10.6. The number of aryl methyl sites for hydroxylation is 2. The highest BCUT2D eigenvalue weighted by Crippen LogP contribution is 2.29. The van der Waals surface area contributed by atoms with Crippen LogP contribution in [0, 0.1) is 6.92 Å². The maximum atomic E-state index is 5.90. The second-order valence-electron chi connectivity index (χ2n) is 6.43. The van der Waals surface area contributed by atoms with Crippen LogP contribution in [0.25, 0.3) is 0 Å². The van der Waals surface area contributed by atoms with E-state index in [-0.39, 0.29) is 10.1 Å². The molecule has 1 N–H and O–H groups in total. The van der Waals surface area contributed by atoms with Crippen LogP contribution in [0.5, 0.6) is 11.5 Å². The Morgan fingerprint density at radius 1 is 1.16 bits per heavy atom. The van der Waals surface area contributed by atoms with Gasteiger partial charge in [-0.3, -0.25) is 10.3 Å². The van der Waals surface area contributed by atoms with Crippen molar-refractivity contribution >= 4 is 23.2 Å². The Labute approximate surface area is 160 Å². The zero-order chi connectivity index (χ0) is 18.9. The summed E-state index contributed by atoms with van der Waals surface area (Å²) >= 11 is 11.2. The average Bonchev–Trinajstić information content (AvgIpc) is 2.50. The fraction of sp³-hybridized carbons (Fsp3) is 0.474. The SMILES string of the molecule is CCc1cc(OCC=C(Cl)Cl)cc(C)c1OCC=CNOC(C)(C)C. The molecule has 0 fully saturated rings. The fourth-order valence-electron chi connectivity index (χ4n) is 2.00. The third-order valence-electron chi connectivity index (χ3n) is 3.07. The number of halogens is 2. The number of hydrogen-bond donors (Lipinski definition) is 1. The van der Waals surface area contributed by atoms with Crippen molar-refractivity contribution in [3.05, 3.63) is 46.1 Å². The molecule has 0 aliphatic carbocycles. The van der Waals surface area contributed by atoms with Crippen LogP contribution in [0.4, 0.5) is 0 Å². The minimum atomic E-state index is -0.240. The van der Waals surface area contributed by atoms with Crippen LogP contribution in [-0.2, 0) is 11.3 Å². The Kier molecular flexibility index (Phi) is 9.19. The number of ether oxygens (including phenoxy) is 2. The minimum absolute atomic E-state index is 0.197. The maximum absolute atomic E-state index is 5.90. The molecule has 140 valence electrons. The van der Waals surface area contributed by atoms with E-state index in [2.05, 4.69) is 12.4 Å². The van der Waals surface area contributed by atoms with Crippen LogP contribution in [-0.4, -0.2) is 18.8 Å². The molecule has 4 nitrogen and oxygen atoms in total. The molecule has 0 radical (unpaired) electrons. The van der Waals surface area contributed by atoms with Crippen molar-refractivity contribution in [1.82, 2.24) is 5.48 Å². The molecule has 0 bridgehead atoms. The van der Waals surface area contributed by atoms with Crippen LogP contribution >= 0.6 is 23.2 Å². The molecule has 25 heavy (non-hydrogen) atoms. The monoisotopic (exact) mass is 387 g/mol. The first kappa shape index (κ1) is 21.7. The van der Waals surface area contributed by atoms with Gasteiger partial charge in [0.05, 0.1) is 5.60 Å². The molecule has 0 amide bonds. The van der Waals surface area contributed by atoms with E-state index in [0.29, 0.717) is 13.2 Å². The normalized spacial score (nSPS) is 11.5. The lowest BCUT2D eigenvalue weighted by atomic mass is 10.1. The summed E-state index contributed by atoms with van der Waals surface area (Å²) < 4.78 is 11.7. The van der Waals surface area contributed by atoms with E-state index in [0.717, 1.165) is 29.0 Å². The molecule has 0 saturated heterocycles. The standard InChI is InChI=1S/C19H27Cl2NO3/c1-6-15-13-16(23-11-8-17(20)21)12-14(2)18(15)24-10-7-9-22-25-19(3,4)5/h7-9,12-13,22H,6,10-11H2,1-5H3. The molecule has 0 unspecified atom stereocenters. The predicted octanol–water partition coefficient (Wildman–Crippen LogP) is 5.47. The third-order valence-corrected chi connectivity index (χ3v) is 3.38. The van der Waals surface area contributed by atoms with Crippen LogP contribution < -0.4 is 15.0 Å². The fourth-order valence-corrected chi connectivity index (χ4v) is 2.13. The van der Waals surface area contributed by atoms with Gasteiger partial charge in [-0.2, -0.15) is 0 Å². The molecular formula is C19H27Cl2NO3. The highest BCUT2D eigenvalue weighted by Gasteiger charge is 2.10. The molecule has 0 aliphatic heterocycles. The zero-order valence-electron chi connectivity index (χ0n) is 15.5. The van der Waals surface area contributed by atoms with Gasteiger partial charge in [0, 0.05) is 6.20 Å². The summed E-state index contributed by atoms with van der Waals surface area (Å²) in [5, 5.41) is 0. The topological polar surface area (TPSA) is 39.7 Å². The highest BCUT2D eigenvalue weighted by atomic mass is 35.5. The molecule has 0 heterocycles. The summed E-state index contributed by atoms with van der Waals surface area (Å²) in [7, 11) is 0. The summed E-state index contributed by atoms with van der Waals surface area (Å²) in [5.41, 5.74) is 4.65. The lowest BCUT2D eigenvalue weighted by Gasteiger charge is -2.18. The van der Waals surface area contributed by atoms with Gasteiger partial charge in [-0.05, 0) is 69.5 Å². The van der Waals surface area contributed by atoms with Gasteiger partial charge in [-0.25, -0.2) is 0 Å². The Morgan fingerprint density at radius 3 is 2.48 bits per heavy atom. The summed E-state index contributed by atoms with van der Waals surface area (Å²) in [4.78, 5) is 5.39. The molecule has 0 spiro atoms. The molecule has 1 aromatic carbocycles. The quantitative estimate of drug-likeness (QED) is 0.570. The molecule has 0 aromatic heterocycles. The minimum Gasteiger partial charge on any atom is -0.489 e. The lowest BCUT2D eigenvalue weighted by Crippen LogP contribution is -2.25. The maximum Gasteiger partial charge on any atom is 0.126 e. The van der Waals surface area contributed by atoms with Gasteiger partial charge in [0.1, 0.15) is 29.2 Å². The van der Waals surface area contributed by atoms with E-state index in [4.69, 9.17) is 37.5 Å². The van der Waals surface area contributed by atoms with E-state index in [9.17, 15) is 0 Å². The molecule has 0 aliphatic rings. The number of benzene rings is 1. The molecule has 1 aromatic rings. The van der Waals surface area contributed by atoms with Crippen molar-refractivity contribution in [3.8, 4) is 11.5 Å². The van der Waals surface area contributed by atoms with Crippen LogP contribution in [0.1, 0.15) is 38.8 Å². The summed E-state index contributed by atoms with van der Waals surface area (Å²) in [6.07, 6.45) is 6.04. The lowest BCUT2D eigenvalue weighted by molar-refractivity contribution is -0.0523. The number of nitrogens with one attached hydrogen (secondary N) is 1. The Bertz CT molecular complexity index is 603. The molecule has 0 saturated carbocycles. The van der Waals surface area contributed by atoms with E-state index in [1.807, 2.05) is 45.9 Å². The first-order valence-corrected chi connectivity index (χ1v) is 8.97. The smallest absolute Gasteiger partial charge is 0.126 e. The summed E-state index contributed by atoms with van der Waals surface area (Å²) in [5.74, 6) is 1.64. The Hall–Kier alpha value is -1.36. The molecule has 1 rings (SSSR count). The largest absolute Gasteiger partial charge is 0.489 e. The molecule has 0 atom stereocenters. The average molecular weight is 388 g/mol. The Balaban J connectivity index is 2.64. The van der Waals surface area contributed by atoms with Gasteiger partial charge in [0.15, 0.2) is 0 Å².